The van der Waals surface area contributed by atoms with Crippen LogP contribution in [0.4, 0.5) is 0 Å². The van der Waals surface area contributed by atoms with E-state index in [-0.39, 0.29) is 5.41 Å². The van der Waals surface area contributed by atoms with Crippen molar-refractivity contribution in [1.29, 1.82) is 0 Å². The molecule has 0 fully saturated rings. The van der Waals surface area contributed by atoms with Gasteiger partial charge in [-0.05, 0) is 163 Å². The lowest BCUT2D eigenvalue weighted by atomic mass is 9.70. The van der Waals surface area contributed by atoms with Crippen LogP contribution in [0.1, 0.15) is 142 Å². The molecule has 74 heavy (non-hydrogen) atoms. The molecule has 0 spiro atoms. The lowest BCUT2D eigenvalue weighted by Gasteiger charge is -2.34. The molecule has 0 aliphatic heterocycles. The van der Waals surface area contributed by atoms with E-state index in [2.05, 4.69) is 269 Å². The van der Waals surface area contributed by atoms with Gasteiger partial charge >= 0.3 is 0 Å². The van der Waals surface area contributed by atoms with E-state index in [9.17, 15) is 0 Å². The van der Waals surface area contributed by atoms with Gasteiger partial charge in [-0.1, -0.05) is 278 Å². The van der Waals surface area contributed by atoms with Crippen LogP contribution < -0.4 is 0 Å². The molecular weight excluding hydrogens is 889 g/mol. The van der Waals surface area contributed by atoms with Gasteiger partial charge in [0.25, 0.3) is 0 Å². The average molecular weight is 965 g/mol. The van der Waals surface area contributed by atoms with Gasteiger partial charge in [-0.25, -0.2) is 0 Å². The van der Waals surface area contributed by atoms with E-state index in [1.165, 1.54) is 118 Å². The molecule has 0 nitrogen and oxygen atoms in total. The van der Waals surface area contributed by atoms with Crippen LogP contribution in [0, 0.1) is 19.8 Å². The zero-order valence-electron chi connectivity index (χ0n) is 45.7. The summed E-state index contributed by atoms with van der Waals surface area (Å²) in [5.74, 6) is 1.90. The Hall–Kier alpha value is -7.28. The van der Waals surface area contributed by atoms with E-state index >= 15 is 0 Å². The molecule has 0 saturated carbocycles. The van der Waals surface area contributed by atoms with E-state index in [0.29, 0.717) is 23.7 Å². The predicted octanol–water partition coefficient (Wildman–Crippen LogP) is 20.9. The van der Waals surface area contributed by atoms with E-state index < -0.39 is 0 Å². The quantitative estimate of drug-likeness (QED) is 0.128. The fourth-order valence-electron chi connectivity index (χ4n) is 11.9. The first-order valence-corrected chi connectivity index (χ1v) is 27.4. The Morgan fingerprint density at radius 1 is 0.500 bits per heavy atom. The monoisotopic (exact) mass is 965 g/mol. The van der Waals surface area contributed by atoms with Gasteiger partial charge in [-0.15, -0.1) is 0 Å². The first-order valence-electron chi connectivity index (χ1n) is 27.4. The van der Waals surface area contributed by atoms with Gasteiger partial charge in [0, 0.05) is 5.41 Å². The first kappa shape index (κ1) is 51.6. The van der Waals surface area contributed by atoms with Crippen LogP contribution in [-0.4, -0.2) is 0 Å². The largest absolute Gasteiger partial charge is 0.0870 e. The number of fused-ring (bicyclic) bond motifs is 6. The van der Waals surface area contributed by atoms with Gasteiger partial charge in [-0.2, -0.15) is 0 Å². The van der Waals surface area contributed by atoms with Crippen LogP contribution in [-0.2, 0) is 11.8 Å². The van der Waals surface area contributed by atoms with E-state index in [0.717, 1.165) is 6.42 Å². The van der Waals surface area contributed by atoms with Gasteiger partial charge in [0.05, 0.1) is 0 Å². The second kappa shape index (κ2) is 22.9. The van der Waals surface area contributed by atoms with Crippen molar-refractivity contribution in [3.63, 3.8) is 0 Å². The molecule has 11 rings (SSSR count). The lowest BCUT2D eigenvalue weighted by molar-refractivity contribution is 0.529. The number of benzene rings is 9. The SMILES string of the molecule is C/C=C\C1=C(CCC)C(C)C(C)c2cc(C(C)C(C)c3ccc4c(c3)C(C)(C)c3cc(Cc5ccccc5)c5ccccc5c3-4)ccc21.Cc1cc(-c2ccccc2)cc(-c2ccccc2)c1.Cc1ccccc1. The van der Waals surface area contributed by atoms with Gasteiger partial charge in [0.1, 0.15) is 0 Å². The van der Waals surface area contributed by atoms with Crippen molar-refractivity contribution >= 4 is 16.3 Å². The standard InChI is InChI=1S/C48H52.C19H16.C7H8/c1-9-16-38-32(5)33(6)44-27-35(22-24-41(44)40(38)17-10-2)30(3)31(4)36-23-25-43-45(28-36)48(7,8)46-29-37(26-34-18-12-11-13-19-34)39-20-14-15-21-42(39)47(43)46;1-15-12-18(16-8-4-2-5-9-16)14-19(13-15)17-10-6-3-7-11-17;1-7-5-3-2-4-6-7/h10-15,17-25,27-33H,9,16,26H2,1-8H3;2-14H,1H3;2-6H,1H3/b17-10-;;. The second-order valence-electron chi connectivity index (χ2n) is 21.8. The summed E-state index contributed by atoms with van der Waals surface area (Å²) in [5.41, 5.74) is 25.1. The summed E-state index contributed by atoms with van der Waals surface area (Å²) in [6.07, 6.45) is 7.91. The Kier molecular flexibility index (Phi) is 15.9. The molecule has 0 bridgehead atoms. The zero-order valence-corrected chi connectivity index (χ0v) is 45.7. The molecule has 0 radical (unpaired) electrons. The molecule has 9 aromatic carbocycles. The van der Waals surface area contributed by atoms with E-state index in [1.807, 2.05) is 18.2 Å². The fourth-order valence-corrected chi connectivity index (χ4v) is 11.9. The summed E-state index contributed by atoms with van der Waals surface area (Å²) in [4.78, 5) is 0. The Balaban J connectivity index is 0.000000210. The average Bonchev–Trinajstić information content (AvgIpc) is 3.66. The predicted molar refractivity (Wildman–Crippen MR) is 321 cm³/mol. The van der Waals surface area contributed by atoms with Gasteiger partial charge in [-0.3, -0.25) is 0 Å². The molecule has 372 valence electrons. The number of aryl methyl sites for hydroxylation is 2. The van der Waals surface area contributed by atoms with Crippen LogP contribution >= 0.6 is 0 Å². The summed E-state index contributed by atoms with van der Waals surface area (Å²) in [5, 5.41) is 2.76. The summed E-state index contributed by atoms with van der Waals surface area (Å²) >= 11 is 0. The third-order valence-electron chi connectivity index (χ3n) is 16.4. The second-order valence-corrected chi connectivity index (χ2v) is 21.8. The highest BCUT2D eigenvalue weighted by molar-refractivity contribution is 6.04. The van der Waals surface area contributed by atoms with Crippen molar-refractivity contribution in [3.05, 3.63) is 280 Å². The van der Waals surface area contributed by atoms with E-state index in [4.69, 9.17) is 0 Å². The molecule has 0 aromatic heterocycles. The Labute approximate surface area is 444 Å². The van der Waals surface area contributed by atoms with Crippen molar-refractivity contribution in [2.45, 2.75) is 112 Å². The van der Waals surface area contributed by atoms with Gasteiger partial charge in [0.2, 0.25) is 0 Å². The smallest absolute Gasteiger partial charge is 0.0159 e. The maximum Gasteiger partial charge on any atom is 0.0159 e. The van der Waals surface area contributed by atoms with Crippen LogP contribution in [0.3, 0.4) is 0 Å². The van der Waals surface area contributed by atoms with Crippen LogP contribution in [0.15, 0.2) is 224 Å². The summed E-state index contributed by atoms with van der Waals surface area (Å²) in [7, 11) is 0. The van der Waals surface area contributed by atoms with E-state index in [1.54, 1.807) is 5.57 Å². The third kappa shape index (κ3) is 10.8. The molecule has 2 aliphatic rings. The van der Waals surface area contributed by atoms with Crippen molar-refractivity contribution < 1.29 is 0 Å². The number of rotatable bonds is 10. The summed E-state index contributed by atoms with van der Waals surface area (Å²) in [6, 6.07) is 75.4. The number of hydrogen-bond donors (Lipinski definition) is 0. The molecule has 4 unspecified atom stereocenters. The molecule has 4 atom stereocenters. The van der Waals surface area contributed by atoms with Crippen LogP contribution in [0.25, 0.3) is 49.7 Å². The van der Waals surface area contributed by atoms with Crippen LogP contribution in [0.5, 0.6) is 0 Å². The molecule has 0 heterocycles. The Bertz CT molecular complexity index is 3350. The normalized spacial score (nSPS) is 16.0. The van der Waals surface area contributed by atoms with Crippen molar-refractivity contribution in [3.8, 4) is 33.4 Å². The number of allylic oxidation sites excluding steroid dienone is 4. The first-order chi connectivity index (χ1) is 35.9. The molecule has 0 heteroatoms. The third-order valence-corrected chi connectivity index (χ3v) is 16.4. The van der Waals surface area contributed by atoms with Gasteiger partial charge in [0.15, 0.2) is 0 Å². The Morgan fingerprint density at radius 3 is 1.58 bits per heavy atom. The molecule has 0 amide bonds. The van der Waals surface area contributed by atoms with Gasteiger partial charge < -0.3 is 0 Å². The van der Waals surface area contributed by atoms with Crippen molar-refractivity contribution in [2.24, 2.45) is 5.92 Å². The minimum Gasteiger partial charge on any atom is -0.0870 e. The van der Waals surface area contributed by atoms with Crippen molar-refractivity contribution in [1.82, 2.24) is 0 Å². The Morgan fingerprint density at radius 2 is 1.03 bits per heavy atom. The molecule has 9 aromatic rings. The highest BCUT2D eigenvalue weighted by Gasteiger charge is 2.38. The lowest BCUT2D eigenvalue weighted by Crippen LogP contribution is -2.19. The number of hydrogen-bond acceptors (Lipinski definition) is 0. The van der Waals surface area contributed by atoms with Crippen molar-refractivity contribution in [2.75, 3.05) is 0 Å². The molecule has 0 N–H and O–H groups in total. The minimum absolute atomic E-state index is 0.0672. The zero-order chi connectivity index (χ0) is 51.9. The summed E-state index contributed by atoms with van der Waals surface area (Å²) in [6.45, 7) is 23.3. The minimum atomic E-state index is -0.0672. The molecule has 0 saturated heterocycles. The topological polar surface area (TPSA) is 0 Å². The summed E-state index contributed by atoms with van der Waals surface area (Å²) < 4.78 is 0. The van der Waals surface area contributed by atoms with Crippen LogP contribution in [0.2, 0.25) is 0 Å². The highest BCUT2D eigenvalue weighted by atomic mass is 14.4. The maximum atomic E-state index is 2.55. The molecule has 2 aliphatic carbocycles. The maximum absolute atomic E-state index is 2.55. The molecular formula is C74H76. The highest BCUT2D eigenvalue weighted by Crippen LogP contribution is 2.53. The fraction of sp³-hybridized carbons (Fsp3) is 0.243.